The van der Waals surface area contributed by atoms with E-state index in [1.807, 2.05) is 0 Å². The molecule has 9 nitrogen and oxygen atoms in total. The van der Waals surface area contributed by atoms with Crippen LogP contribution in [0.4, 0.5) is 10.1 Å². The van der Waals surface area contributed by atoms with E-state index in [0.29, 0.717) is 39.3 Å². The van der Waals surface area contributed by atoms with Crippen LogP contribution < -0.4 is 10.6 Å². The molecule has 1 unspecified atom stereocenters. The summed E-state index contributed by atoms with van der Waals surface area (Å²) in [6.07, 6.45) is 1.11. The molecule has 2 aromatic rings. The van der Waals surface area contributed by atoms with Crippen molar-refractivity contribution in [2.45, 2.75) is 26.4 Å². The van der Waals surface area contributed by atoms with Crippen molar-refractivity contribution in [3.8, 4) is 0 Å². The minimum atomic E-state index is -0.534. The van der Waals surface area contributed by atoms with Crippen molar-refractivity contribution < 1.29 is 28.3 Å². The highest BCUT2D eigenvalue weighted by Gasteiger charge is 2.26. The Balaban J connectivity index is 1.78. The summed E-state index contributed by atoms with van der Waals surface area (Å²) in [5, 5.41) is 6.59. The number of hydrogen-bond acceptors (Lipinski definition) is 5. The van der Waals surface area contributed by atoms with Crippen LogP contribution in [0.3, 0.4) is 0 Å². The predicted octanol–water partition coefficient (Wildman–Crippen LogP) is 2.42. The number of H-pyrrole nitrogens is 1. The van der Waals surface area contributed by atoms with Crippen LogP contribution >= 0.6 is 0 Å². The van der Waals surface area contributed by atoms with Crippen LogP contribution in [0.5, 0.6) is 0 Å². The number of hydrogen-bond donors (Lipinski definition) is 3. The van der Waals surface area contributed by atoms with E-state index < -0.39 is 11.9 Å². The van der Waals surface area contributed by atoms with Gasteiger partial charge in [-0.25, -0.2) is 9.45 Å². The van der Waals surface area contributed by atoms with E-state index in [4.69, 9.17) is 9.57 Å². The summed E-state index contributed by atoms with van der Waals surface area (Å²) in [7, 11) is 4.34. The summed E-state index contributed by atoms with van der Waals surface area (Å²) in [6, 6.07) is 4.09. The number of hydroxylamine groups is 2. The number of anilines is 1. The van der Waals surface area contributed by atoms with E-state index in [1.54, 1.807) is 19.9 Å². The van der Waals surface area contributed by atoms with Crippen LogP contribution in [0.1, 0.15) is 39.3 Å². The van der Waals surface area contributed by atoms with Gasteiger partial charge in [-0.05, 0) is 43.7 Å². The fourth-order valence-corrected chi connectivity index (χ4v) is 3.67. The maximum Gasteiger partial charge on any atom is 0.256 e. The first-order chi connectivity index (χ1) is 15.7. The fourth-order valence-electron chi connectivity index (χ4n) is 3.67. The average Bonchev–Trinajstić information content (AvgIpc) is 3.24. The summed E-state index contributed by atoms with van der Waals surface area (Å²) in [5.41, 5.74) is 3.55. The molecule has 2 heterocycles. The third-order valence-electron chi connectivity index (χ3n) is 5.61. The van der Waals surface area contributed by atoms with Gasteiger partial charge in [0.25, 0.3) is 11.8 Å². The maximum absolute atomic E-state index is 13.7. The minimum Gasteiger partial charge on any atom is -0.379 e. The molecule has 1 aromatic heterocycles. The lowest BCUT2D eigenvalue weighted by Gasteiger charge is -2.19. The molecule has 0 saturated carbocycles. The van der Waals surface area contributed by atoms with Gasteiger partial charge in [0.15, 0.2) is 0 Å². The Morgan fingerprint density at radius 3 is 2.67 bits per heavy atom. The first-order valence-electron chi connectivity index (χ1n) is 10.3. The Bertz CT molecular complexity index is 1120. The number of aryl methyl sites for hydroxylation is 1. The Morgan fingerprint density at radius 2 is 2.00 bits per heavy atom. The zero-order valence-electron chi connectivity index (χ0n) is 19.2. The molecule has 0 spiro atoms. The molecule has 3 N–H and O–H groups in total. The highest BCUT2D eigenvalue weighted by Crippen LogP contribution is 2.34. The van der Waals surface area contributed by atoms with Gasteiger partial charge < -0.3 is 20.4 Å². The van der Waals surface area contributed by atoms with Crippen molar-refractivity contribution in [3.05, 3.63) is 52.1 Å². The number of benzene rings is 1. The van der Waals surface area contributed by atoms with Crippen molar-refractivity contribution in [2.75, 3.05) is 33.1 Å². The number of carbonyl (C=O) groups excluding carboxylic acids is 3. The molecule has 0 saturated heterocycles. The second-order valence-corrected chi connectivity index (χ2v) is 7.71. The van der Waals surface area contributed by atoms with E-state index in [0.717, 1.165) is 5.06 Å². The molecule has 0 aliphatic carbocycles. The average molecular weight is 458 g/mol. The molecular formula is C23H27FN4O5. The second-order valence-electron chi connectivity index (χ2n) is 7.71. The van der Waals surface area contributed by atoms with Crippen LogP contribution in [0.15, 0.2) is 18.2 Å². The molecule has 0 bridgehead atoms. The van der Waals surface area contributed by atoms with E-state index in [9.17, 15) is 18.8 Å². The number of amides is 3. The number of fused-ring (bicyclic) bond motifs is 1. The Hall–Kier alpha value is -3.50. The summed E-state index contributed by atoms with van der Waals surface area (Å²) >= 11 is 0. The lowest BCUT2D eigenvalue weighted by Crippen LogP contribution is -2.37. The van der Waals surface area contributed by atoms with Crippen molar-refractivity contribution in [3.63, 3.8) is 0 Å². The highest BCUT2D eigenvalue weighted by atomic mass is 19.1. The molecule has 0 radical (unpaired) electrons. The molecule has 176 valence electrons. The first-order valence-corrected chi connectivity index (χ1v) is 10.3. The summed E-state index contributed by atoms with van der Waals surface area (Å²) in [6.45, 7) is 3.63. The van der Waals surface area contributed by atoms with Crippen LogP contribution in [-0.4, -0.2) is 61.7 Å². The van der Waals surface area contributed by atoms with E-state index in [2.05, 4.69) is 15.6 Å². The van der Waals surface area contributed by atoms with Crippen molar-refractivity contribution in [2.24, 2.45) is 0 Å². The maximum atomic E-state index is 13.7. The van der Waals surface area contributed by atoms with Crippen LogP contribution in [0.2, 0.25) is 0 Å². The Morgan fingerprint density at radius 1 is 1.27 bits per heavy atom. The van der Waals surface area contributed by atoms with Crippen molar-refractivity contribution in [1.82, 2.24) is 15.4 Å². The molecule has 1 aromatic carbocycles. The molecule has 10 heteroatoms. The summed E-state index contributed by atoms with van der Waals surface area (Å²) in [5.74, 6) is -1.42. The van der Waals surface area contributed by atoms with Crippen molar-refractivity contribution >= 4 is 35.1 Å². The SMILES string of the molecule is COC(CNC(=O)c1c(C)[nH]c(C=C2C(=O)Nc3ccc(F)cc32)c1C)CC(=O)N(C)OC. The van der Waals surface area contributed by atoms with Crippen LogP contribution in [-0.2, 0) is 19.2 Å². The number of methoxy groups -OCH3 is 1. The summed E-state index contributed by atoms with van der Waals surface area (Å²) < 4.78 is 19.0. The molecule has 1 aliphatic rings. The summed E-state index contributed by atoms with van der Waals surface area (Å²) in [4.78, 5) is 45.3. The van der Waals surface area contributed by atoms with Crippen molar-refractivity contribution in [1.29, 1.82) is 0 Å². The van der Waals surface area contributed by atoms with Gasteiger partial charge in [-0.1, -0.05) is 0 Å². The number of aromatic nitrogens is 1. The van der Waals surface area contributed by atoms with Gasteiger partial charge in [-0.2, -0.15) is 0 Å². The number of nitrogens with zero attached hydrogens (tertiary/aromatic N) is 1. The topological polar surface area (TPSA) is 113 Å². The monoisotopic (exact) mass is 458 g/mol. The van der Waals surface area contributed by atoms with E-state index >= 15 is 0 Å². The predicted molar refractivity (Wildman–Crippen MR) is 121 cm³/mol. The largest absolute Gasteiger partial charge is 0.379 e. The third kappa shape index (κ3) is 5.12. The van der Waals surface area contributed by atoms with Gasteiger partial charge in [0.2, 0.25) is 5.91 Å². The number of rotatable bonds is 8. The molecule has 1 aliphatic heterocycles. The van der Waals surface area contributed by atoms with Gasteiger partial charge in [-0.3, -0.25) is 19.2 Å². The van der Waals surface area contributed by atoms with Gasteiger partial charge in [0, 0.05) is 43.3 Å². The van der Waals surface area contributed by atoms with Gasteiger partial charge in [-0.15, -0.1) is 0 Å². The normalized spacial score (nSPS) is 14.7. The van der Waals surface area contributed by atoms with Gasteiger partial charge in [0.1, 0.15) is 5.82 Å². The van der Waals surface area contributed by atoms with Gasteiger partial charge in [0.05, 0.1) is 30.8 Å². The quantitative estimate of drug-likeness (QED) is 0.415. The Kier molecular flexibility index (Phi) is 7.29. The smallest absolute Gasteiger partial charge is 0.256 e. The van der Waals surface area contributed by atoms with E-state index in [1.165, 1.54) is 39.5 Å². The fraction of sp³-hybridized carbons (Fsp3) is 0.348. The van der Waals surface area contributed by atoms with Gasteiger partial charge >= 0.3 is 0 Å². The standard InChI is InChI=1S/C23H27FN4O5/c1-12-19(10-17-16-8-14(24)6-7-18(16)27-22(17)30)26-13(2)21(12)23(31)25-11-15(32-4)9-20(29)28(3)33-5/h6-8,10,15,26H,9,11H2,1-5H3,(H,25,31)(H,27,30). The van der Waals surface area contributed by atoms with Crippen LogP contribution in [0, 0.1) is 19.7 Å². The molecule has 0 fully saturated rings. The van der Waals surface area contributed by atoms with E-state index in [-0.39, 0.29) is 30.7 Å². The number of aromatic amines is 1. The highest BCUT2D eigenvalue weighted by molar-refractivity contribution is 6.34. The first kappa shape index (κ1) is 24.1. The number of ether oxygens (including phenoxy) is 1. The molecule has 3 amide bonds. The minimum absolute atomic E-state index is 0.0364. The zero-order chi connectivity index (χ0) is 24.3. The second kappa shape index (κ2) is 9.97. The number of nitrogens with one attached hydrogen (secondary N) is 3. The molecule has 33 heavy (non-hydrogen) atoms. The molecule has 3 rings (SSSR count). The lowest BCUT2D eigenvalue weighted by molar-refractivity contribution is -0.171. The zero-order valence-corrected chi connectivity index (χ0v) is 19.2. The number of halogens is 1. The molecule has 1 atom stereocenters. The molecular weight excluding hydrogens is 431 g/mol. The van der Waals surface area contributed by atoms with Crippen LogP contribution in [0.25, 0.3) is 11.6 Å². The number of carbonyl (C=O) groups is 3. The Labute approximate surface area is 190 Å². The lowest BCUT2D eigenvalue weighted by atomic mass is 10.0. The third-order valence-corrected chi connectivity index (χ3v) is 5.61.